The van der Waals surface area contributed by atoms with Crippen LogP contribution in [-0.2, 0) is 0 Å². The number of hydrogen-bond acceptors (Lipinski definition) is 3. The summed E-state index contributed by atoms with van der Waals surface area (Å²) < 4.78 is 5.46. The first-order valence-corrected chi connectivity index (χ1v) is 6.36. The molecule has 0 saturated heterocycles. The highest BCUT2D eigenvalue weighted by atomic mass is 79.9. The van der Waals surface area contributed by atoms with Gasteiger partial charge in [-0.25, -0.2) is 0 Å². The Balaban J connectivity index is 2.55. The molecule has 0 aliphatic rings. The summed E-state index contributed by atoms with van der Waals surface area (Å²) >= 11 is 4.87. The summed E-state index contributed by atoms with van der Waals surface area (Å²) in [7, 11) is 0. The third kappa shape index (κ3) is 3.06. The van der Waals surface area contributed by atoms with E-state index in [4.69, 9.17) is 4.42 Å². The monoisotopic (exact) mass is 277 g/mol. The number of amides is 1. The van der Waals surface area contributed by atoms with E-state index in [1.54, 1.807) is 17.8 Å². The standard InChI is InChI=1S/C9H12BrNO2S/c1-6(5-14-2)11-9(12)7-3-4-13-8(7)10/h3-4,6H,5H2,1-2H3,(H,11,12). The molecule has 3 nitrogen and oxygen atoms in total. The fourth-order valence-corrected chi connectivity index (χ4v) is 2.05. The van der Waals surface area contributed by atoms with Crippen molar-refractivity contribution < 1.29 is 9.21 Å². The predicted octanol–water partition coefficient (Wildman–Crippen LogP) is 2.52. The Kier molecular flexibility index (Phi) is 4.54. The van der Waals surface area contributed by atoms with Gasteiger partial charge in [0.05, 0.1) is 11.8 Å². The van der Waals surface area contributed by atoms with Crippen LogP contribution in [0.5, 0.6) is 0 Å². The van der Waals surface area contributed by atoms with Crippen LogP contribution in [0.25, 0.3) is 0 Å². The van der Waals surface area contributed by atoms with Crippen molar-refractivity contribution in [3.05, 3.63) is 22.6 Å². The number of rotatable bonds is 4. The molecule has 1 N–H and O–H groups in total. The lowest BCUT2D eigenvalue weighted by atomic mass is 10.3. The van der Waals surface area contributed by atoms with Crippen molar-refractivity contribution in [1.29, 1.82) is 0 Å². The molecule has 1 aromatic rings. The van der Waals surface area contributed by atoms with Crippen LogP contribution in [-0.4, -0.2) is 24.0 Å². The highest BCUT2D eigenvalue weighted by Crippen LogP contribution is 2.17. The Bertz CT molecular complexity index is 314. The molecule has 1 rings (SSSR count). The lowest BCUT2D eigenvalue weighted by molar-refractivity contribution is 0.0942. The van der Waals surface area contributed by atoms with E-state index in [1.807, 2.05) is 13.2 Å². The Morgan fingerprint density at radius 2 is 2.50 bits per heavy atom. The third-order valence-corrected chi connectivity index (χ3v) is 3.10. The number of halogens is 1. The zero-order valence-electron chi connectivity index (χ0n) is 8.04. The van der Waals surface area contributed by atoms with Gasteiger partial charge in [0.15, 0.2) is 4.67 Å². The van der Waals surface area contributed by atoms with E-state index < -0.39 is 0 Å². The first kappa shape index (κ1) is 11.7. The summed E-state index contributed by atoms with van der Waals surface area (Å²) in [6.45, 7) is 1.97. The average Bonchev–Trinajstić information content (AvgIpc) is 2.51. The van der Waals surface area contributed by atoms with Crippen LogP contribution in [0.15, 0.2) is 21.4 Å². The lowest BCUT2D eigenvalue weighted by Gasteiger charge is -2.11. The largest absolute Gasteiger partial charge is 0.457 e. The van der Waals surface area contributed by atoms with E-state index in [0.29, 0.717) is 10.2 Å². The SMILES string of the molecule is CSCC(C)NC(=O)c1ccoc1Br. The van der Waals surface area contributed by atoms with E-state index in [0.717, 1.165) is 5.75 Å². The van der Waals surface area contributed by atoms with Crippen LogP contribution >= 0.6 is 27.7 Å². The number of carbonyl (C=O) groups is 1. The summed E-state index contributed by atoms with van der Waals surface area (Å²) in [5, 5.41) is 2.87. The molecule has 1 aromatic heterocycles. The van der Waals surface area contributed by atoms with E-state index in [1.165, 1.54) is 6.26 Å². The molecule has 0 aromatic carbocycles. The molecule has 0 fully saturated rings. The van der Waals surface area contributed by atoms with Gasteiger partial charge in [-0.2, -0.15) is 11.8 Å². The van der Waals surface area contributed by atoms with E-state index in [9.17, 15) is 4.79 Å². The summed E-state index contributed by atoms with van der Waals surface area (Å²) in [5.74, 6) is 0.800. The van der Waals surface area contributed by atoms with Gasteiger partial charge in [0.2, 0.25) is 0 Å². The topological polar surface area (TPSA) is 42.2 Å². The molecule has 0 radical (unpaired) electrons. The van der Waals surface area contributed by atoms with Gasteiger partial charge >= 0.3 is 0 Å². The van der Waals surface area contributed by atoms with Crippen molar-refractivity contribution in [2.75, 3.05) is 12.0 Å². The Morgan fingerprint density at radius 1 is 1.79 bits per heavy atom. The van der Waals surface area contributed by atoms with Crippen molar-refractivity contribution in [1.82, 2.24) is 5.32 Å². The number of thioether (sulfide) groups is 1. The van der Waals surface area contributed by atoms with Gasteiger partial charge in [-0.1, -0.05) is 0 Å². The molecule has 1 amide bonds. The maximum Gasteiger partial charge on any atom is 0.255 e. The zero-order chi connectivity index (χ0) is 10.6. The molecule has 0 spiro atoms. The average molecular weight is 278 g/mol. The molecule has 1 heterocycles. The molecule has 5 heteroatoms. The van der Waals surface area contributed by atoms with Gasteiger partial charge in [-0.05, 0) is 35.2 Å². The molecule has 0 bridgehead atoms. The van der Waals surface area contributed by atoms with Crippen molar-refractivity contribution in [3.8, 4) is 0 Å². The van der Waals surface area contributed by atoms with Gasteiger partial charge in [0, 0.05) is 11.8 Å². The van der Waals surface area contributed by atoms with Gasteiger partial charge < -0.3 is 9.73 Å². The molecule has 0 aliphatic carbocycles. The quantitative estimate of drug-likeness (QED) is 0.920. The fraction of sp³-hybridized carbons (Fsp3) is 0.444. The maximum absolute atomic E-state index is 11.6. The van der Waals surface area contributed by atoms with Crippen LogP contribution in [0.3, 0.4) is 0 Å². The fourth-order valence-electron chi connectivity index (χ4n) is 1.05. The van der Waals surface area contributed by atoms with Crippen molar-refractivity contribution in [2.45, 2.75) is 13.0 Å². The Morgan fingerprint density at radius 3 is 3.00 bits per heavy atom. The smallest absolute Gasteiger partial charge is 0.255 e. The van der Waals surface area contributed by atoms with Crippen molar-refractivity contribution in [2.24, 2.45) is 0 Å². The molecule has 0 saturated carbocycles. The second-order valence-corrected chi connectivity index (χ2v) is 4.57. The molecule has 14 heavy (non-hydrogen) atoms. The van der Waals surface area contributed by atoms with E-state index >= 15 is 0 Å². The van der Waals surface area contributed by atoms with Gasteiger partial charge in [0.25, 0.3) is 5.91 Å². The van der Waals surface area contributed by atoms with Crippen LogP contribution < -0.4 is 5.32 Å². The Hall–Kier alpha value is -0.420. The summed E-state index contributed by atoms with van der Waals surface area (Å²) in [6, 6.07) is 1.81. The zero-order valence-corrected chi connectivity index (χ0v) is 10.4. The predicted molar refractivity (Wildman–Crippen MR) is 61.7 cm³/mol. The second-order valence-electron chi connectivity index (χ2n) is 2.94. The van der Waals surface area contributed by atoms with Gasteiger partial charge in [-0.15, -0.1) is 0 Å². The summed E-state index contributed by atoms with van der Waals surface area (Å²) in [5.41, 5.74) is 0.540. The third-order valence-electron chi connectivity index (χ3n) is 1.66. The highest BCUT2D eigenvalue weighted by Gasteiger charge is 2.14. The number of nitrogens with one attached hydrogen (secondary N) is 1. The number of carbonyl (C=O) groups excluding carboxylic acids is 1. The highest BCUT2D eigenvalue weighted by molar-refractivity contribution is 9.10. The first-order valence-electron chi connectivity index (χ1n) is 4.18. The molecular weight excluding hydrogens is 266 g/mol. The number of furan rings is 1. The number of hydrogen-bond donors (Lipinski definition) is 1. The normalized spacial score (nSPS) is 12.5. The minimum Gasteiger partial charge on any atom is -0.457 e. The van der Waals surface area contributed by atoms with Gasteiger partial charge in [0.1, 0.15) is 0 Å². The van der Waals surface area contributed by atoms with Crippen LogP contribution in [0.4, 0.5) is 0 Å². The van der Waals surface area contributed by atoms with Crippen LogP contribution in [0, 0.1) is 0 Å². The van der Waals surface area contributed by atoms with Crippen molar-refractivity contribution >= 4 is 33.6 Å². The Labute approximate surface area is 95.8 Å². The van der Waals surface area contributed by atoms with E-state index in [2.05, 4.69) is 21.2 Å². The lowest BCUT2D eigenvalue weighted by Crippen LogP contribution is -2.34. The first-order chi connectivity index (χ1) is 6.65. The molecular formula is C9H12BrNO2S. The molecule has 1 unspecified atom stereocenters. The minimum atomic E-state index is -0.104. The van der Waals surface area contributed by atoms with Gasteiger partial charge in [-0.3, -0.25) is 4.79 Å². The molecule has 0 aliphatic heterocycles. The molecule has 78 valence electrons. The summed E-state index contributed by atoms with van der Waals surface area (Å²) in [6.07, 6.45) is 3.49. The van der Waals surface area contributed by atoms with Crippen LogP contribution in [0.2, 0.25) is 0 Å². The summed E-state index contributed by atoms with van der Waals surface area (Å²) in [4.78, 5) is 11.6. The minimum absolute atomic E-state index is 0.104. The van der Waals surface area contributed by atoms with E-state index in [-0.39, 0.29) is 11.9 Å². The maximum atomic E-state index is 11.6. The molecule has 1 atom stereocenters. The van der Waals surface area contributed by atoms with Crippen LogP contribution in [0.1, 0.15) is 17.3 Å². The second kappa shape index (κ2) is 5.46. The van der Waals surface area contributed by atoms with Crippen molar-refractivity contribution in [3.63, 3.8) is 0 Å².